The summed E-state index contributed by atoms with van der Waals surface area (Å²) in [4.78, 5) is 22.0. The number of nitrogens with one attached hydrogen (secondary N) is 1. The number of halogens is 1. The van der Waals surface area contributed by atoms with Crippen LogP contribution in [-0.4, -0.2) is 35.3 Å². The number of rotatable bonds is 5. The fourth-order valence-corrected chi connectivity index (χ4v) is 1.16. The van der Waals surface area contributed by atoms with E-state index in [9.17, 15) is 9.59 Å². The lowest BCUT2D eigenvalue weighted by atomic mass is 10.4. The summed E-state index contributed by atoms with van der Waals surface area (Å²) in [7, 11) is 1.26. The van der Waals surface area contributed by atoms with Gasteiger partial charge in [-0.1, -0.05) is 11.6 Å². The Balaban J connectivity index is 2.22. The van der Waals surface area contributed by atoms with Gasteiger partial charge in [-0.2, -0.15) is 5.10 Å². The molecule has 16 heavy (non-hydrogen) atoms. The minimum atomic E-state index is -0.476. The van der Waals surface area contributed by atoms with Crippen LogP contribution in [0.3, 0.4) is 0 Å². The van der Waals surface area contributed by atoms with Crippen molar-refractivity contribution >= 4 is 23.5 Å². The molecule has 1 amide bonds. The molecule has 0 fully saturated rings. The zero-order chi connectivity index (χ0) is 12.0. The second kappa shape index (κ2) is 6.12. The van der Waals surface area contributed by atoms with Crippen LogP contribution in [0.1, 0.15) is 6.42 Å². The molecule has 1 N–H and O–H groups in total. The van der Waals surface area contributed by atoms with Gasteiger partial charge in [0.15, 0.2) is 0 Å². The van der Waals surface area contributed by atoms with Crippen LogP contribution in [0.2, 0.25) is 5.02 Å². The van der Waals surface area contributed by atoms with Crippen LogP contribution in [0.4, 0.5) is 0 Å². The average Bonchev–Trinajstić information content (AvgIpc) is 2.69. The monoisotopic (exact) mass is 245 g/mol. The average molecular weight is 246 g/mol. The molecule has 0 aliphatic rings. The van der Waals surface area contributed by atoms with Gasteiger partial charge in [-0.15, -0.1) is 0 Å². The topological polar surface area (TPSA) is 73.2 Å². The number of hydrogen-bond acceptors (Lipinski definition) is 4. The van der Waals surface area contributed by atoms with Gasteiger partial charge >= 0.3 is 5.97 Å². The number of aromatic nitrogens is 2. The lowest BCUT2D eigenvalue weighted by Crippen LogP contribution is -2.30. The highest BCUT2D eigenvalue weighted by Gasteiger charge is 2.05. The maximum absolute atomic E-state index is 11.3. The van der Waals surface area contributed by atoms with E-state index < -0.39 is 5.97 Å². The van der Waals surface area contributed by atoms with Crippen molar-refractivity contribution in [2.75, 3.05) is 13.7 Å². The quantitative estimate of drug-likeness (QED) is 0.753. The normalized spacial score (nSPS) is 9.88. The van der Waals surface area contributed by atoms with Crippen molar-refractivity contribution in [3.63, 3.8) is 0 Å². The highest BCUT2D eigenvalue weighted by atomic mass is 35.5. The molecule has 1 heterocycles. The summed E-state index contributed by atoms with van der Waals surface area (Å²) in [5.74, 6) is -0.715. The Kier molecular flexibility index (Phi) is 4.78. The molecule has 88 valence electrons. The second-order valence-electron chi connectivity index (χ2n) is 3.02. The summed E-state index contributed by atoms with van der Waals surface area (Å²) in [6, 6.07) is 0. The van der Waals surface area contributed by atoms with Gasteiger partial charge in [0, 0.05) is 19.2 Å². The predicted octanol–water partition coefficient (Wildman–Crippen LogP) is 0.216. The maximum Gasteiger partial charge on any atom is 0.325 e. The van der Waals surface area contributed by atoms with Crippen LogP contribution in [0.25, 0.3) is 0 Å². The van der Waals surface area contributed by atoms with Crippen LogP contribution in [0.5, 0.6) is 0 Å². The molecule has 1 aromatic heterocycles. The molecule has 1 aromatic rings. The van der Waals surface area contributed by atoms with E-state index in [0.717, 1.165) is 0 Å². The van der Waals surface area contributed by atoms with Crippen LogP contribution in [-0.2, 0) is 20.9 Å². The van der Waals surface area contributed by atoms with Crippen molar-refractivity contribution in [3.8, 4) is 0 Å². The Hall–Kier alpha value is -1.56. The molecule has 0 bridgehead atoms. The molecule has 0 aromatic carbocycles. The third-order valence-corrected chi connectivity index (χ3v) is 2.02. The van der Waals surface area contributed by atoms with Crippen molar-refractivity contribution in [2.45, 2.75) is 13.0 Å². The lowest BCUT2D eigenvalue weighted by molar-refractivity contribution is -0.141. The van der Waals surface area contributed by atoms with Crippen LogP contribution >= 0.6 is 11.6 Å². The van der Waals surface area contributed by atoms with E-state index in [1.54, 1.807) is 10.9 Å². The standard InChI is InChI=1S/C9H12ClN3O3/c1-16-9(15)5-11-8(14)2-3-13-6-7(10)4-12-13/h4,6H,2-3,5H2,1H3,(H,11,14). The van der Waals surface area contributed by atoms with Crippen molar-refractivity contribution in [3.05, 3.63) is 17.4 Å². The number of aryl methyl sites for hydroxylation is 1. The van der Waals surface area contributed by atoms with E-state index in [0.29, 0.717) is 11.6 Å². The number of ether oxygens (including phenoxy) is 1. The van der Waals surface area contributed by atoms with Crippen LogP contribution < -0.4 is 5.32 Å². The van der Waals surface area contributed by atoms with Gasteiger partial charge in [0.25, 0.3) is 0 Å². The SMILES string of the molecule is COC(=O)CNC(=O)CCn1cc(Cl)cn1. The van der Waals surface area contributed by atoms with Crippen molar-refractivity contribution in [2.24, 2.45) is 0 Å². The van der Waals surface area contributed by atoms with Crippen LogP contribution in [0.15, 0.2) is 12.4 Å². The first-order valence-corrected chi connectivity index (χ1v) is 5.01. The summed E-state index contributed by atoms with van der Waals surface area (Å²) in [5, 5.41) is 6.86. The molecule has 0 atom stereocenters. The summed E-state index contributed by atoms with van der Waals surface area (Å²) in [5.41, 5.74) is 0. The number of carbonyl (C=O) groups is 2. The molecule has 0 radical (unpaired) electrons. The van der Waals surface area contributed by atoms with Gasteiger partial charge in [-0.25, -0.2) is 0 Å². The van der Waals surface area contributed by atoms with Crippen molar-refractivity contribution in [1.29, 1.82) is 0 Å². The largest absolute Gasteiger partial charge is 0.468 e. The maximum atomic E-state index is 11.3. The zero-order valence-electron chi connectivity index (χ0n) is 8.77. The Labute approximate surface area is 97.5 Å². The summed E-state index contributed by atoms with van der Waals surface area (Å²) < 4.78 is 5.93. The highest BCUT2D eigenvalue weighted by Crippen LogP contribution is 2.04. The number of methoxy groups -OCH3 is 1. The minimum absolute atomic E-state index is 0.116. The smallest absolute Gasteiger partial charge is 0.325 e. The summed E-state index contributed by atoms with van der Waals surface area (Å²) in [6.07, 6.45) is 3.35. The third-order valence-electron chi connectivity index (χ3n) is 1.83. The summed E-state index contributed by atoms with van der Waals surface area (Å²) in [6.45, 7) is 0.301. The van der Waals surface area contributed by atoms with Gasteiger partial charge in [0.1, 0.15) is 6.54 Å². The Morgan fingerprint density at radius 2 is 2.38 bits per heavy atom. The Morgan fingerprint density at radius 1 is 1.62 bits per heavy atom. The minimum Gasteiger partial charge on any atom is -0.468 e. The van der Waals surface area contributed by atoms with E-state index in [2.05, 4.69) is 15.2 Å². The molecule has 0 aliphatic carbocycles. The third kappa shape index (κ3) is 4.31. The van der Waals surface area contributed by atoms with Crippen LogP contribution in [0, 0.1) is 0 Å². The number of hydrogen-bond donors (Lipinski definition) is 1. The van der Waals surface area contributed by atoms with E-state index >= 15 is 0 Å². The van der Waals surface area contributed by atoms with Crippen molar-refractivity contribution < 1.29 is 14.3 Å². The first kappa shape index (κ1) is 12.5. The van der Waals surface area contributed by atoms with Gasteiger partial charge in [0.2, 0.25) is 5.91 Å². The number of nitrogens with zero attached hydrogens (tertiary/aromatic N) is 2. The molecule has 1 rings (SSSR count). The number of carbonyl (C=O) groups excluding carboxylic acids is 2. The van der Waals surface area contributed by atoms with E-state index in [1.807, 2.05) is 0 Å². The number of esters is 1. The molecular formula is C9H12ClN3O3. The lowest BCUT2D eigenvalue weighted by Gasteiger charge is -2.03. The zero-order valence-corrected chi connectivity index (χ0v) is 9.53. The van der Waals surface area contributed by atoms with Crippen molar-refractivity contribution in [1.82, 2.24) is 15.1 Å². The Morgan fingerprint density at radius 3 is 2.94 bits per heavy atom. The fourth-order valence-electron chi connectivity index (χ4n) is 1.01. The first-order valence-electron chi connectivity index (χ1n) is 4.63. The van der Waals surface area contributed by atoms with Gasteiger partial charge in [0.05, 0.1) is 18.3 Å². The molecule has 0 saturated carbocycles. The highest BCUT2D eigenvalue weighted by molar-refractivity contribution is 6.30. The van der Waals surface area contributed by atoms with Gasteiger partial charge in [-0.05, 0) is 0 Å². The van der Waals surface area contributed by atoms with Gasteiger partial charge in [-0.3, -0.25) is 14.3 Å². The van der Waals surface area contributed by atoms with E-state index in [4.69, 9.17) is 11.6 Å². The molecule has 0 aliphatic heterocycles. The summed E-state index contributed by atoms with van der Waals surface area (Å²) >= 11 is 5.65. The molecule has 0 spiro atoms. The second-order valence-corrected chi connectivity index (χ2v) is 3.46. The number of amides is 1. The van der Waals surface area contributed by atoms with E-state index in [-0.39, 0.29) is 18.9 Å². The van der Waals surface area contributed by atoms with E-state index in [1.165, 1.54) is 13.3 Å². The molecule has 0 unspecified atom stereocenters. The Bertz CT molecular complexity index is 378. The fraction of sp³-hybridized carbons (Fsp3) is 0.444. The van der Waals surface area contributed by atoms with Gasteiger partial charge < -0.3 is 10.1 Å². The predicted molar refractivity (Wildman–Crippen MR) is 56.9 cm³/mol. The molecular weight excluding hydrogens is 234 g/mol. The molecule has 6 nitrogen and oxygen atoms in total. The molecule has 7 heteroatoms. The molecule has 0 saturated heterocycles. The first-order chi connectivity index (χ1) is 7.61.